The molecule has 1 heterocycles. The van der Waals surface area contributed by atoms with Crippen molar-refractivity contribution >= 4 is 22.3 Å². The van der Waals surface area contributed by atoms with Crippen molar-refractivity contribution in [2.24, 2.45) is 5.41 Å². The van der Waals surface area contributed by atoms with Gasteiger partial charge in [0.15, 0.2) is 5.69 Å². The van der Waals surface area contributed by atoms with Crippen LogP contribution in [0.1, 0.15) is 36.7 Å². The van der Waals surface area contributed by atoms with Crippen LogP contribution in [0.2, 0.25) is 0 Å². The van der Waals surface area contributed by atoms with Crippen molar-refractivity contribution < 1.29 is 9.90 Å². The normalized spacial score (nSPS) is 18.2. The molecule has 2 N–H and O–H groups in total. The van der Waals surface area contributed by atoms with Crippen LogP contribution in [0, 0.1) is 5.41 Å². The van der Waals surface area contributed by atoms with Crippen molar-refractivity contribution in [1.29, 1.82) is 0 Å². The quantitative estimate of drug-likeness (QED) is 0.827. The summed E-state index contributed by atoms with van der Waals surface area (Å²) in [5, 5.41) is 12.7. The highest BCUT2D eigenvalue weighted by atomic mass is 32.1. The Morgan fingerprint density at radius 2 is 2.47 bits per heavy atom. The van der Waals surface area contributed by atoms with Crippen LogP contribution >= 0.6 is 11.3 Å². The number of thiazole rings is 1. The summed E-state index contributed by atoms with van der Waals surface area (Å²) in [4.78, 5) is 14.6. The average molecular weight is 226 g/mol. The molecular formula is C10H14N2O2S. The number of nitrogens with zero attached hydrogens (tertiary/aromatic N) is 1. The molecule has 0 atom stereocenters. The molecule has 1 saturated carbocycles. The zero-order chi connectivity index (χ0) is 10.9. The fraction of sp³-hybridized carbons (Fsp3) is 0.600. The lowest BCUT2D eigenvalue weighted by molar-refractivity contribution is 0.0692. The monoisotopic (exact) mass is 226 g/mol. The molecule has 0 saturated heterocycles. The van der Waals surface area contributed by atoms with Crippen LogP contribution in [0.3, 0.4) is 0 Å². The highest BCUT2D eigenvalue weighted by Crippen LogP contribution is 2.40. The van der Waals surface area contributed by atoms with Gasteiger partial charge in [-0.3, -0.25) is 0 Å². The molecule has 1 fully saturated rings. The van der Waals surface area contributed by atoms with E-state index in [1.165, 1.54) is 30.6 Å². The van der Waals surface area contributed by atoms with Crippen molar-refractivity contribution in [2.75, 3.05) is 11.9 Å². The molecule has 1 aliphatic rings. The number of hydrogen-bond donors (Lipinski definition) is 2. The molecule has 82 valence electrons. The van der Waals surface area contributed by atoms with Gasteiger partial charge >= 0.3 is 5.97 Å². The van der Waals surface area contributed by atoms with E-state index in [1.807, 2.05) is 0 Å². The number of nitrogens with one attached hydrogen (secondary N) is 1. The van der Waals surface area contributed by atoms with E-state index in [2.05, 4.69) is 17.2 Å². The van der Waals surface area contributed by atoms with E-state index in [4.69, 9.17) is 5.11 Å². The molecule has 0 spiro atoms. The number of anilines is 1. The van der Waals surface area contributed by atoms with Crippen LogP contribution in [-0.2, 0) is 0 Å². The van der Waals surface area contributed by atoms with E-state index >= 15 is 0 Å². The van der Waals surface area contributed by atoms with Crippen LogP contribution in [0.25, 0.3) is 0 Å². The van der Waals surface area contributed by atoms with E-state index in [0.717, 1.165) is 6.54 Å². The lowest BCUT2D eigenvalue weighted by Crippen LogP contribution is -2.33. The Morgan fingerprint density at radius 1 is 1.73 bits per heavy atom. The maximum Gasteiger partial charge on any atom is 0.357 e. The third kappa shape index (κ3) is 2.12. The molecule has 0 aliphatic heterocycles. The van der Waals surface area contributed by atoms with E-state index in [-0.39, 0.29) is 5.69 Å². The van der Waals surface area contributed by atoms with Gasteiger partial charge in [0.05, 0.1) is 5.51 Å². The predicted octanol–water partition coefficient (Wildman–Crippen LogP) is 2.44. The summed E-state index contributed by atoms with van der Waals surface area (Å²) in [5.74, 6) is -0.961. The average Bonchev–Trinajstić information content (AvgIpc) is 2.59. The van der Waals surface area contributed by atoms with Gasteiger partial charge < -0.3 is 10.4 Å². The molecule has 15 heavy (non-hydrogen) atoms. The van der Waals surface area contributed by atoms with E-state index in [9.17, 15) is 4.79 Å². The van der Waals surface area contributed by atoms with Crippen molar-refractivity contribution in [3.8, 4) is 0 Å². The minimum absolute atomic E-state index is 0.142. The van der Waals surface area contributed by atoms with Gasteiger partial charge in [-0.05, 0) is 18.3 Å². The zero-order valence-electron chi connectivity index (χ0n) is 8.62. The topological polar surface area (TPSA) is 62.2 Å². The summed E-state index contributed by atoms with van der Waals surface area (Å²) in [6.07, 6.45) is 3.73. The predicted molar refractivity (Wildman–Crippen MR) is 59.5 cm³/mol. The number of carbonyl (C=O) groups is 1. The Kier molecular flexibility index (Phi) is 2.65. The van der Waals surface area contributed by atoms with Crippen LogP contribution in [0.5, 0.6) is 0 Å². The van der Waals surface area contributed by atoms with Crippen LogP contribution in [-0.4, -0.2) is 22.6 Å². The smallest absolute Gasteiger partial charge is 0.357 e. The fourth-order valence-corrected chi connectivity index (χ4v) is 2.45. The number of rotatable bonds is 4. The highest BCUT2D eigenvalue weighted by molar-refractivity contribution is 7.14. The van der Waals surface area contributed by atoms with Crippen molar-refractivity contribution in [1.82, 2.24) is 4.98 Å². The van der Waals surface area contributed by atoms with Crippen molar-refractivity contribution in [3.05, 3.63) is 11.2 Å². The summed E-state index contributed by atoms with van der Waals surface area (Å²) < 4.78 is 0. The SMILES string of the molecule is CC1(CNc2scnc2C(=O)O)CCC1. The number of aromatic carboxylic acids is 1. The van der Waals surface area contributed by atoms with E-state index < -0.39 is 5.97 Å². The molecule has 1 aromatic heterocycles. The molecule has 2 rings (SSSR count). The Hall–Kier alpha value is -1.10. The van der Waals surface area contributed by atoms with Gasteiger partial charge in [0.2, 0.25) is 0 Å². The first-order valence-electron chi connectivity index (χ1n) is 5.01. The van der Waals surface area contributed by atoms with E-state index in [1.54, 1.807) is 5.51 Å². The second-order valence-electron chi connectivity index (χ2n) is 4.35. The standard InChI is InChI=1S/C10H14N2O2S/c1-10(3-2-4-10)5-11-8-7(9(13)14)12-6-15-8/h6,11H,2-5H2,1H3,(H,13,14). The zero-order valence-corrected chi connectivity index (χ0v) is 9.43. The summed E-state index contributed by atoms with van der Waals surface area (Å²) in [6.45, 7) is 3.07. The van der Waals surface area contributed by atoms with Gasteiger partial charge in [0.25, 0.3) is 0 Å². The maximum absolute atomic E-state index is 10.8. The summed E-state index contributed by atoms with van der Waals surface area (Å²) in [6, 6.07) is 0. The summed E-state index contributed by atoms with van der Waals surface area (Å²) >= 11 is 1.35. The summed E-state index contributed by atoms with van der Waals surface area (Å²) in [7, 11) is 0. The lowest BCUT2D eigenvalue weighted by atomic mass is 9.70. The highest BCUT2D eigenvalue weighted by Gasteiger charge is 2.31. The molecule has 0 radical (unpaired) electrons. The minimum atomic E-state index is -0.961. The molecular weight excluding hydrogens is 212 g/mol. The molecule has 4 nitrogen and oxygen atoms in total. The first-order chi connectivity index (χ1) is 7.11. The molecule has 0 aromatic carbocycles. The van der Waals surface area contributed by atoms with Crippen molar-refractivity contribution in [3.63, 3.8) is 0 Å². The molecule has 0 bridgehead atoms. The maximum atomic E-state index is 10.8. The third-order valence-corrected chi connectivity index (χ3v) is 3.79. The summed E-state index contributed by atoms with van der Waals surface area (Å²) in [5.41, 5.74) is 2.05. The Bertz CT molecular complexity index is 371. The van der Waals surface area contributed by atoms with Gasteiger partial charge in [-0.15, -0.1) is 11.3 Å². The van der Waals surface area contributed by atoms with Gasteiger partial charge in [-0.2, -0.15) is 0 Å². The second kappa shape index (κ2) is 3.81. The third-order valence-electron chi connectivity index (χ3n) is 3.01. The Morgan fingerprint density at radius 3 is 3.00 bits per heavy atom. The first kappa shape index (κ1) is 10.4. The number of aromatic nitrogens is 1. The number of carboxylic acid groups (broad SMARTS) is 1. The lowest BCUT2D eigenvalue weighted by Gasteiger charge is -2.38. The van der Waals surface area contributed by atoms with Crippen LogP contribution < -0.4 is 5.32 Å². The van der Waals surface area contributed by atoms with Gasteiger partial charge in [0.1, 0.15) is 5.00 Å². The molecule has 1 aliphatic carbocycles. The minimum Gasteiger partial charge on any atom is -0.476 e. The molecule has 0 unspecified atom stereocenters. The van der Waals surface area contributed by atoms with Gasteiger partial charge in [0, 0.05) is 6.54 Å². The second-order valence-corrected chi connectivity index (χ2v) is 5.21. The number of hydrogen-bond acceptors (Lipinski definition) is 4. The largest absolute Gasteiger partial charge is 0.476 e. The first-order valence-corrected chi connectivity index (χ1v) is 5.89. The van der Waals surface area contributed by atoms with Crippen molar-refractivity contribution in [2.45, 2.75) is 26.2 Å². The molecule has 0 amide bonds. The Labute approximate surface area is 92.3 Å². The van der Waals surface area contributed by atoms with Gasteiger partial charge in [-0.1, -0.05) is 13.3 Å². The molecule has 1 aromatic rings. The number of carboxylic acids is 1. The Balaban J connectivity index is 1.98. The van der Waals surface area contributed by atoms with E-state index in [0.29, 0.717) is 10.4 Å². The van der Waals surface area contributed by atoms with Crippen LogP contribution in [0.15, 0.2) is 5.51 Å². The fourth-order valence-electron chi connectivity index (χ4n) is 1.77. The van der Waals surface area contributed by atoms with Gasteiger partial charge in [-0.25, -0.2) is 9.78 Å². The molecule has 5 heteroatoms. The van der Waals surface area contributed by atoms with Crippen LogP contribution in [0.4, 0.5) is 5.00 Å².